The molecule has 0 saturated heterocycles. The van der Waals surface area contributed by atoms with E-state index in [2.05, 4.69) is 53.2 Å². The third-order valence-corrected chi connectivity index (χ3v) is 4.46. The number of halogens is 1. The van der Waals surface area contributed by atoms with Gasteiger partial charge in [-0.15, -0.1) is 0 Å². The molecule has 0 spiro atoms. The second-order valence-electron chi connectivity index (χ2n) is 5.17. The van der Waals surface area contributed by atoms with Crippen LogP contribution in [0.2, 0.25) is 0 Å². The van der Waals surface area contributed by atoms with Gasteiger partial charge in [-0.05, 0) is 54.7 Å². The van der Waals surface area contributed by atoms with Crippen molar-refractivity contribution in [3.8, 4) is 5.75 Å². The topological polar surface area (TPSA) is 35.2 Å². The number of methoxy groups -OCH3 is 1. The van der Waals surface area contributed by atoms with E-state index in [0.29, 0.717) is 0 Å². The molecule has 0 radical (unpaired) electrons. The molecule has 0 aliphatic carbocycles. The van der Waals surface area contributed by atoms with Crippen LogP contribution in [0.3, 0.4) is 0 Å². The maximum absolute atomic E-state index is 6.40. The first kappa shape index (κ1) is 15.1. The fourth-order valence-corrected chi connectivity index (χ4v) is 2.88. The summed E-state index contributed by atoms with van der Waals surface area (Å²) < 4.78 is 6.49. The highest BCUT2D eigenvalue weighted by Gasteiger charge is 2.13. The van der Waals surface area contributed by atoms with Gasteiger partial charge in [0.15, 0.2) is 0 Å². The van der Waals surface area contributed by atoms with Gasteiger partial charge in [-0.25, -0.2) is 0 Å². The first-order valence-electron chi connectivity index (χ1n) is 6.60. The largest absolute Gasteiger partial charge is 0.496 e. The average molecular weight is 334 g/mol. The van der Waals surface area contributed by atoms with Crippen molar-refractivity contribution in [1.29, 1.82) is 0 Å². The Morgan fingerprint density at radius 2 is 1.55 bits per heavy atom. The minimum absolute atomic E-state index is 0.129. The fourth-order valence-electron chi connectivity index (χ4n) is 2.48. The zero-order chi connectivity index (χ0) is 14.9. The van der Waals surface area contributed by atoms with Crippen LogP contribution in [0.5, 0.6) is 5.75 Å². The van der Waals surface area contributed by atoms with E-state index in [0.717, 1.165) is 32.5 Å². The molecule has 2 rings (SSSR count). The summed E-state index contributed by atoms with van der Waals surface area (Å²) in [6.45, 7) is 6.17. The van der Waals surface area contributed by atoms with Crippen LogP contribution in [-0.4, -0.2) is 7.11 Å². The van der Waals surface area contributed by atoms with E-state index < -0.39 is 0 Å². The highest BCUT2D eigenvalue weighted by Crippen LogP contribution is 2.30. The lowest BCUT2D eigenvalue weighted by atomic mass is 9.95. The SMILES string of the molecule is COc1c(C)cc(C(N)c2ccc(C)c(Br)c2)cc1C. The zero-order valence-corrected chi connectivity index (χ0v) is 13.9. The van der Waals surface area contributed by atoms with Gasteiger partial charge in [0, 0.05) is 4.47 Å². The smallest absolute Gasteiger partial charge is 0.124 e. The molecule has 1 unspecified atom stereocenters. The first-order chi connectivity index (χ1) is 9.43. The van der Waals surface area contributed by atoms with Gasteiger partial charge >= 0.3 is 0 Å². The Balaban J connectivity index is 2.42. The molecule has 0 bridgehead atoms. The Hall–Kier alpha value is -1.32. The maximum atomic E-state index is 6.40. The molecule has 0 saturated carbocycles. The van der Waals surface area contributed by atoms with Crippen LogP contribution in [0.15, 0.2) is 34.8 Å². The van der Waals surface area contributed by atoms with E-state index in [1.54, 1.807) is 7.11 Å². The number of nitrogens with two attached hydrogens (primary N) is 1. The summed E-state index contributed by atoms with van der Waals surface area (Å²) in [5.74, 6) is 0.936. The first-order valence-corrected chi connectivity index (χ1v) is 7.40. The van der Waals surface area contributed by atoms with Crippen LogP contribution in [0.4, 0.5) is 0 Å². The Morgan fingerprint density at radius 1 is 0.950 bits per heavy atom. The Morgan fingerprint density at radius 3 is 2.05 bits per heavy atom. The Bertz CT molecular complexity index is 614. The summed E-state index contributed by atoms with van der Waals surface area (Å²) in [6.07, 6.45) is 0. The molecule has 2 N–H and O–H groups in total. The number of rotatable bonds is 3. The molecule has 0 heterocycles. The molecule has 1 atom stereocenters. The van der Waals surface area contributed by atoms with E-state index >= 15 is 0 Å². The lowest BCUT2D eigenvalue weighted by Crippen LogP contribution is -2.12. The van der Waals surface area contributed by atoms with Crippen molar-refractivity contribution in [3.05, 3.63) is 62.6 Å². The van der Waals surface area contributed by atoms with Gasteiger partial charge in [-0.2, -0.15) is 0 Å². The lowest BCUT2D eigenvalue weighted by Gasteiger charge is -2.17. The fraction of sp³-hybridized carbons (Fsp3) is 0.294. The van der Waals surface area contributed by atoms with Gasteiger partial charge in [-0.1, -0.05) is 40.2 Å². The van der Waals surface area contributed by atoms with Crippen LogP contribution in [0.1, 0.15) is 33.9 Å². The molecule has 20 heavy (non-hydrogen) atoms. The van der Waals surface area contributed by atoms with Gasteiger partial charge in [0.2, 0.25) is 0 Å². The highest BCUT2D eigenvalue weighted by molar-refractivity contribution is 9.10. The van der Waals surface area contributed by atoms with Crippen molar-refractivity contribution in [3.63, 3.8) is 0 Å². The molecule has 2 nitrogen and oxygen atoms in total. The van der Waals surface area contributed by atoms with E-state index in [-0.39, 0.29) is 6.04 Å². The predicted molar refractivity (Wildman–Crippen MR) is 87.4 cm³/mol. The third kappa shape index (κ3) is 2.89. The highest BCUT2D eigenvalue weighted by atomic mass is 79.9. The summed E-state index contributed by atoms with van der Waals surface area (Å²) in [5, 5.41) is 0. The van der Waals surface area contributed by atoms with Crippen LogP contribution in [0, 0.1) is 20.8 Å². The van der Waals surface area contributed by atoms with Gasteiger partial charge in [0.25, 0.3) is 0 Å². The monoisotopic (exact) mass is 333 g/mol. The normalized spacial score (nSPS) is 12.3. The number of hydrogen-bond donors (Lipinski definition) is 1. The number of ether oxygens (including phenoxy) is 1. The van der Waals surface area contributed by atoms with Crippen LogP contribution >= 0.6 is 15.9 Å². The van der Waals surface area contributed by atoms with Crippen molar-refractivity contribution in [2.75, 3.05) is 7.11 Å². The molecule has 2 aromatic rings. The van der Waals surface area contributed by atoms with Crippen molar-refractivity contribution in [1.82, 2.24) is 0 Å². The van der Waals surface area contributed by atoms with E-state index in [1.807, 2.05) is 13.8 Å². The summed E-state index contributed by atoms with van der Waals surface area (Å²) >= 11 is 3.56. The van der Waals surface area contributed by atoms with E-state index in [1.165, 1.54) is 5.56 Å². The molecular weight excluding hydrogens is 314 g/mol. The number of benzene rings is 2. The van der Waals surface area contributed by atoms with Gasteiger partial charge < -0.3 is 10.5 Å². The molecule has 0 aliphatic heterocycles. The summed E-state index contributed by atoms with van der Waals surface area (Å²) in [6, 6.07) is 10.3. The van der Waals surface area contributed by atoms with Crippen LogP contribution in [-0.2, 0) is 0 Å². The molecule has 0 aromatic heterocycles. The van der Waals surface area contributed by atoms with Gasteiger partial charge in [-0.3, -0.25) is 0 Å². The molecule has 0 fully saturated rings. The van der Waals surface area contributed by atoms with Crippen molar-refractivity contribution in [2.45, 2.75) is 26.8 Å². The van der Waals surface area contributed by atoms with Gasteiger partial charge in [0.1, 0.15) is 5.75 Å². The lowest BCUT2D eigenvalue weighted by molar-refractivity contribution is 0.408. The maximum Gasteiger partial charge on any atom is 0.124 e. The summed E-state index contributed by atoms with van der Waals surface area (Å²) in [4.78, 5) is 0. The van der Waals surface area contributed by atoms with Gasteiger partial charge in [0.05, 0.1) is 13.2 Å². The molecular formula is C17H20BrNO. The summed E-state index contributed by atoms with van der Waals surface area (Å²) in [7, 11) is 1.70. The molecule has 3 heteroatoms. The average Bonchev–Trinajstić information content (AvgIpc) is 2.40. The number of hydrogen-bond acceptors (Lipinski definition) is 2. The minimum atomic E-state index is -0.129. The summed E-state index contributed by atoms with van der Waals surface area (Å²) in [5.41, 5.74) is 12.1. The molecule has 0 aliphatic rings. The third-order valence-electron chi connectivity index (χ3n) is 3.60. The second-order valence-corrected chi connectivity index (χ2v) is 6.03. The van der Waals surface area contributed by atoms with Crippen LogP contribution < -0.4 is 10.5 Å². The van der Waals surface area contributed by atoms with Crippen molar-refractivity contribution >= 4 is 15.9 Å². The quantitative estimate of drug-likeness (QED) is 0.901. The zero-order valence-electron chi connectivity index (χ0n) is 12.3. The molecule has 0 amide bonds. The minimum Gasteiger partial charge on any atom is -0.496 e. The molecule has 2 aromatic carbocycles. The Labute approximate surface area is 129 Å². The van der Waals surface area contributed by atoms with Crippen molar-refractivity contribution in [2.24, 2.45) is 5.73 Å². The second kappa shape index (κ2) is 5.98. The standard InChI is InChI=1S/C17H20BrNO/c1-10-5-6-13(9-15(10)18)16(19)14-7-11(2)17(20-4)12(3)8-14/h5-9,16H,19H2,1-4H3. The Kier molecular flexibility index (Phi) is 4.51. The van der Waals surface area contributed by atoms with Crippen molar-refractivity contribution < 1.29 is 4.74 Å². The van der Waals surface area contributed by atoms with Crippen LogP contribution in [0.25, 0.3) is 0 Å². The predicted octanol–water partition coefficient (Wildman–Crippen LogP) is 4.43. The van der Waals surface area contributed by atoms with E-state index in [4.69, 9.17) is 10.5 Å². The number of aryl methyl sites for hydroxylation is 3. The van der Waals surface area contributed by atoms with E-state index in [9.17, 15) is 0 Å². The molecule has 106 valence electrons.